The maximum absolute atomic E-state index is 13.3. The Kier molecular flexibility index (Phi) is 4.44. The highest BCUT2D eigenvalue weighted by atomic mass is 32.1. The molecule has 1 heterocycles. The normalized spacial score (nSPS) is 19.3. The smallest absolute Gasteiger partial charge is 0.159 e. The third-order valence-corrected chi connectivity index (χ3v) is 3.62. The van der Waals surface area contributed by atoms with Crippen LogP contribution in [0.4, 0.5) is 8.78 Å². The monoisotopic (exact) mass is 286 g/mol. The number of nitrogens with zero attached hydrogens (tertiary/aromatic N) is 1. The molecule has 2 rings (SSSR count). The number of nitrogens with two attached hydrogens (primary N) is 1. The van der Waals surface area contributed by atoms with Gasteiger partial charge in [0.15, 0.2) is 11.6 Å². The summed E-state index contributed by atoms with van der Waals surface area (Å²) in [6.07, 6.45) is 0.944. The van der Waals surface area contributed by atoms with Crippen LogP contribution in [0.1, 0.15) is 24.4 Å². The molecule has 0 radical (unpaired) electrons. The SMILES string of the molecule is NC(=S)C(c1ccc(F)c(F)c1)N1CCC(O)CC1. The van der Waals surface area contributed by atoms with Crippen molar-refractivity contribution in [1.82, 2.24) is 4.90 Å². The summed E-state index contributed by atoms with van der Waals surface area (Å²) in [5.74, 6) is -1.80. The van der Waals surface area contributed by atoms with Crippen LogP contribution in [0, 0.1) is 11.6 Å². The summed E-state index contributed by atoms with van der Waals surface area (Å²) < 4.78 is 26.3. The molecule has 1 aliphatic rings. The predicted octanol–water partition coefficient (Wildman–Crippen LogP) is 1.75. The minimum Gasteiger partial charge on any atom is -0.393 e. The van der Waals surface area contributed by atoms with Crippen LogP contribution in [-0.2, 0) is 0 Å². The third kappa shape index (κ3) is 3.26. The number of thiocarbonyl (C=S) groups is 1. The van der Waals surface area contributed by atoms with E-state index < -0.39 is 17.7 Å². The summed E-state index contributed by atoms with van der Waals surface area (Å²) in [5.41, 5.74) is 6.28. The number of benzene rings is 1. The van der Waals surface area contributed by atoms with Gasteiger partial charge >= 0.3 is 0 Å². The molecule has 19 heavy (non-hydrogen) atoms. The summed E-state index contributed by atoms with van der Waals surface area (Å²) in [5, 5.41) is 9.50. The highest BCUT2D eigenvalue weighted by Crippen LogP contribution is 2.26. The fourth-order valence-corrected chi connectivity index (χ4v) is 2.67. The first-order valence-corrected chi connectivity index (χ1v) is 6.56. The van der Waals surface area contributed by atoms with Gasteiger partial charge in [-0.3, -0.25) is 4.90 Å². The van der Waals surface area contributed by atoms with Gasteiger partial charge < -0.3 is 10.8 Å². The lowest BCUT2D eigenvalue weighted by Gasteiger charge is -2.35. The maximum Gasteiger partial charge on any atom is 0.159 e. The van der Waals surface area contributed by atoms with E-state index in [0.29, 0.717) is 31.5 Å². The molecule has 1 saturated heterocycles. The molecular formula is C13H16F2N2OS. The van der Waals surface area contributed by atoms with Gasteiger partial charge in [0, 0.05) is 13.1 Å². The highest BCUT2D eigenvalue weighted by Gasteiger charge is 2.27. The molecular weight excluding hydrogens is 270 g/mol. The predicted molar refractivity (Wildman–Crippen MR) is 72.7 cm³/mol. The number of aliphatic hydroxyl groups excluding tert-OH is 1. The Labute approximate surface area is 116 Å². The molecule has 104 valence electrons. The van der Waals surface area contributed by atoms with E-state index in [1.165, 1.54) is 6.07 Å². The second-order valence-electron chi connectivity index (χ2n) is 4.75. The Morgan fingerprint density at radius 2 is 1.95 bits per heavy atom. The lowest BCUT2D eigenvalue weighted by Crippen LogP contribution is -2.43. The summed E-state index contributed by atoms with van der Waals surface area (Å²) >= 11 is 5.04. The molecule has 0 aromatic heterocycles. The van der Waals surface area contributed by atoms with Crippen molar-refractivity contribution in [3.63, 3.8) is 0 Å². The minimum absolute atomic E-state index is 0.224. The van der Waals surface area contributed by atoms with Gasteiger partial charge in [-0.15, -0.1) is 0 Å². The quantitative estimate of drug-likeness (QED) is 0.831. The molecule has 0 amide bonds. The molecule has 1 aromatic rings. The van der Waals surface area contributed by atoms with E-state index in [1.54, 1.807) is 0 Å². The van der Waals surface area contributed by atoms with Crippen LogP contribution in [0.15, 0.2) is 18.2 Å². The van der Waals surface area contributed by atoms with Crippen molar-refractivity contribution in [2.24, 2.45) is 5.73 Å². The summed E-state index contributed by atoms with van der Waals surface area (Å²) in [7, 11) is 0. The van der Waals surface area contributed by atoms with E-state index in [-0.39, 0.29) is 11.1 Å². The third-order valence-electron chi connectivity index (χ3n) is 3.39. The van der Waals surface area contributed by atoms with Crippen LogP contribution in [0.2, 0.25) is 0 Å². The minimum atomic E-state index is -0.907. The second-order valence-corrected chi connectivity index (χ2v) is 5.22. The van der Waals surface area contributed by atoms with E-state index in [2.05, 4.69) is 0 Å². The standard InChI is InChI=1S/C13H16F2N2OS/c14-10-2-1-8(7-11(10)15)12(13(16)19)17-5-3-9(18)4-6-17/h1-2,7,9,12,18H,3-6H2,(H2,16,19). The molecule has 1 atom stereocenters. The molecule has 3 N–H and O–H groups in total. The number of halogens is 2. The lowest BCUT2D eigenvalue weighted by atomic mass is 10.0. The van der Waals surface area contributed by atoms with Crippen LogP contribution >= 0.6 is 12.2 Å². The van der Waals surface area contributed by atoms with Crippen LogP contribution in [0.25, 0.3) is 0 Å². The van der Waals surface area contributed by atoms with Gasteiger partial charge in [0.05, 0.1) is 17.1 Å². The molecule has 1 aliphatic heterocycles. The number of piperidine rings is 1. The fourth-order valence-electron chi connectivity index (χ4n) is 2.38. The zero-order chi connectivity index (χ0) is 14.0. The molecule has 1 aromatic carbocycles. The fraction of sp³-hybridized carbons (Fsp3) is 0.462. The average molecular weight is 286 g/mol. The van der Waals surface area contributed by atoms with Crippen LogP contribution in [0.5, 0.6) is 0 Å². The number of hydrogen-bond acceptors (Lipinski definition) is 3. The first kappa shape index (κ1) is 14.3. The summed E-state index contributed by atoms with van der Waals surface area (Å²) in [6.45, 7) is 1.25. The van der Waals surface area contributed by atoms with Crippen molar-refractivity contribution in [2.45, 2.75) is 25.0 Å². The Morgan fingerprint density at radius 1 is 1.32 bits per heavy atom. The van der Waals surface area contributed by atoms with Crippen molar-refractivity contribution in [3.8, 4) is 0 Å². The Bertz CT molecular complexity index is 476. The lowest BCUT2D eigenvalue weighted by molar-refractivity contribution is 0.0738. The van der Waals surface area contributed by atoms with Gasteiger partial charge in [-0.2, -0.15) is 0 Å². The van der Waals surface area contributed by atoms with E-state index >= 15 is 0 Å². The highest BCUT2D eigenvalue weighted by molar-refractivity contribution is 7.80. The summed E-state index contributed by atoms with van der Waals surface area (Å²) in [4.78, 5) is 2.21. The average Bonchev–Trinajstić information content (AvgIpc) is 2.36. The topological polar surface area (TPSA) is 49.5 Å². The van der Waals surface area contributed by atoms with E-state index in [1.807, 2.05) is 4.90 Å². The van der Waals surface area contributed by atoms with Gasteiger partial charge in [0.2, 0.25) is 0 Å². The van der Waals surface area contributed by atoms with Gasteiger partial charge in [-0.05, 0) is 30.5 Å². The number of rotatable bonds is 3. The van der Waals surface area contributed by atoms with Crippen molar-refractivity contribution >= 4 is 17.2 Å². The number of hydrogen-bond donors (Lipinski definition) is 2. The van der Waals surface area contributed by atoms with Gasteiger partial charge in [0.25, 0.3) is 0 Å². The molecule has 6 heteroatoms. The van der Waals surface area contributed by atoms with Crippen LogP contribution in [-0.4, -0.2) is 34.2 Å². The first-order chi connectivity index (χ1) is 8.99. The molecule has 1 unspecified atom stereocenters. The van der Waals surface area contributed by atoms with E-state index in [9.17, 15) is 13.9 Å². The second kappa shape index (κ2) is 5.90. The molecule has 3 nitrogen and oxygen atoms in total. The largest absolute Gasteiger partial charge is 0.393 e. The molecule has 0 aliphatic carbocycles. The zero-order valence-corrected chi connectivity index (χ0v) is 11.2. The van der Waals surface area contributed by atoms with Gasteiger partial charge in [-0.1, -0.05) is 18.3 Å². The zero-order valence-electron chi connectivity index (χ0n) is 10.4. The van der Waals surface area contributed by atoms with Crippen LogP contribution < -0.4 is 5.73 Å². The maximum atomic E-state index is 13.3. The van der Waals surface area contributed by atoms with Crippen molar-refractivity contribution in [2.75, 3.05) is 13.1 Å². The van der Waals surface area contributed by atoms with Crippen LogP contribution in [0.3, 0.4) is 0 Å². The van der Waals surface area contributed by atoms with Gasteiger partial charge in [-0.25, -0.2) is 8.78 Å². The number of likely N-dealkylation sites (tertiary alicyclic amines) is 1. The van der Waals surface area contributed by atoms with Gasteiger partial charge in [0.1, 0.15) is 0 Å². The summed E-state index contributed by atoms with van der Waals surface area (Å²) in [6, 6.07) is 3.28. The Balaban J connectivity index is 2.24. The first-order valence-electron chi connectivity index (χ1n) is 6.15. The molecule has 1 fully saturated rings. The van der Waals surface area contributed by atoms with E-state index in [4.69, 9.17) is 18.0 Å². The van der Waals surface area contributed by atoms with Crippen molar-refractivity contribution < 1.29 is 13.9 Å². The molecule has 0 saturated carbocycles. The Morgan fingerprint density at radius 3 is 2.47 bits per heavy atom. The van der Waals surface area contributed by atoms with Crippen molar-refractivity contribution in [3.05, 3.63) is 35.4 Å². The Hall–Kier alpha value is -1.11. The molecule has 0 bridgehead atoms. The van der Waals surface area contributed by atoms with E-state index in [0.717, 1.165) is 12.1 Å². The molecule has 0 spiro atoms. The number of aliphatic hydroxyl groups is 1. The van der Waals surface area contributed by atoms with Crippen molar-refractivity contribution in [1.29, 1.82) is 0 Å².